The number of benzene rings is 1. The molecule has 0 unspecified atom stereocenters. The Morgan fingerprint density at radius 3 is 2.67 bits per heavy atom. The number of carbonyl (C=O) groups excluding carboxylic acids is 2. The molecular formula is C14H17N3O3S. The fourth-order valence-corrected chi connectivity index (χ4v) is 1.79. The molecule has 1 aliphatic rings. The van der Waals surface area contributed by atoms with E-state index in [4.69, 9.17) is 17.0 Å². The molecule has 1 saturated carbocycles. The maximum Gasteiger partial charge on any atom is 0.264 e. The van der Waals surface area contributed by atoms with Crippen molar-refractivity contribution in [3.05, 3.63) is 29.8 Å². The van der Waals surface area contributed by atoms with Crippen LogP contribution < -0.4 is 20.9 Å². The molecule has 21 heavy (non-hydrogen) atoms. The number of rotatable bonds is 4. The molecule has 0 radical (unpaired) electrons. The molecule has 0 aromatic heterocycles. The smallest absolute Gasteiger partial charge is 0.264 e. The van der Waals surface area contributed by atoms with Gasteiger partial charge in [-0.15, -0.1) is 0 Å². The Hall–Kier alpha value is -2.15. The minimum Gasteiger partial charge on any atom is -0.483 e. The van der Waals surface area contributed by atoms with Gasteiger partial charge in [-0.1, -0.05) is 18.2 Å². The van der Waals surface area contributed by atoms with Crippen LogP contribution in [0, 0.1) is 12.8 Å². The van der Waals surface area contributed by atoms with Crippen LogP contribution >= 0.6 is 12.2 Å². The average molecular weight is 307 g/mol. The molecule has 6 nitrogen and oxygen atoms in total. The van der Waals surface area contributed by atoms with Gasteiger partial charge in [0.15, 0.2) is 11.7 Å². The van der Waals surface area contributed by atoms with Crippen LogP contribution in [0.4, 0.5) is 0 Å². The Morgan fingerprint density at radius 2 is 2.00 bits per heavy atom. The van der Waals surface area contributed by atoms with Crippen LogP contribution in [-0.2, 0) is 9.59 Å². The number of ether oxygens (including phenoxy) is 1. The third kappa shape index (κ3) is 5.03. The third-order valence-corrected chi connectivity index (χ3v) is 3.16. The van der Waals surface area contributed by atoms with Gasteiger partial charge in [-0.05, 0) is 43.6 Å². The van der Waals surface area contributed by atoms with Crippen molar-refractivity contribution in [1.29, 1.82) is 0 Å². The molecule has 1 fully saturated rings. The van der Waals surface area contributed by atoms with Crippen LogP contribution in [-0.4, -0.2) is 23.5 Å². The molecule has 0 bridgehead atoms. The van der Waals surface area contributed by atoms with Crippen molar-refractivity contribution < 1.29 is 14.3 Å². The summed E-state index contributed by atoms with van der Waals surface area (Å²) in [6.07, 6.45) is 1.80. The van der Waals surface area contributed by atoms with E-state index < -0.39 is 5.91 Å². The number of para-hydroxylation sites is 1. The first-order valence-corrected chi connectivity index (χ1v) is 7.05. The second kappa shape index (κ2) is 7.03. The van der Waals surface area contributed by atoms with Crippen molar-refractivity contribution in [3.63, 3.8) is 0 Å². The molecule has 0 heterocycles. The maximum atomic E-state index is 11.7. The Labute approximate surface area is 128 Å². The summed E-state index contributed by atoms with van der Waals surface area (Å²) in [5.74, 6) is 0.216. The SMILES string of the molecule is Cc1ccccc1OCC(=O)NC(=S)NNC(=O)C1CC1. The van der Waals surface area contributed by atoms with Crippen LogP contribution in [0.15, 0.2) is 24.3 Å². The van der Waals surface area contributed by atoms with Gasteiger partial charge >= 0.3 is 0 Å². The Kier molecular flexibility index (Phi) is 5.10. The fraction of sp³-hybridized carbons (Fsp3) is 0.357. The first-order valence-electron chi connectivity index (χ1n) is 6.64. The van der Waals surface area contributed by atoms with E-state index in [0.29, 0.717) is 5.75 Å². The summed E-state index contributed by atoms with van der Waals surface area (Å²) in [5.41, 5.74) is 5.88. The molecule has 2 amide bonds. The lowest BCUT2D eigenvalue weighted by atomic mass is 10.2. The highest BCUT2D eigenvalue weighted by Gasteiger charge is 2.29. The van der Waals surface area contributed by atoms with Crippen LogP contribution in [0.5, 0.6) is 5.75 Å². The van der Waals surface area contributed by atoms with Crippen LogP contribution in [0.25, 0.3) is 0 Å². The molecular weight excluding hydrogens is 290 g/mol. The number of thiocarbonyl (C=S) groups is 1. The Bertz CT molecular complexity index is 558. The molecule has 1 aromatic rings. The van der Waals surface area contributed by atoms with Gasteiger partial charge in [0.2, 0.25) is 5.91 Å². The lowest BCUT2D eigenvalue weighted by Gasteiger charge is -2.11. The summed E-state index contributed by atoms with van der Waals surface area (Å²) in [6.45, 7) is 1.75. The number of hydrazine groups is 1. The highest BCUT2D eigenvalue weighted by Crippen LogP contribution is 2.28. The standard InChI is InChI=1S/C14H17N3O3S/c1-9-4-2-3-5-11(9)20-8-12(18)15-14(21)17-16-13(19)10-6-7-10/h2-5,10H,6-8H2,1H3,(H,16,19)(H2,15,17,18,21). The number of hydrogen-bond acceptors (Lipinski definition) is 4. The van der Waals surface area contributed by atoms with E-state index in [1.807, 2.05) is 25.1 Å². The highest BCUT2D eigenvalue weighted by atomic mass is 32.1. The summed E-state index contributed by atoms with van der Waals surface area (Å²) in [5, 5.41) is 2.47. The van der Waals surface area contributed by atoms with E-state index in [1.165, 1.54) is 0 Å². The molecule has 112 valence electrons. The van der Waals surface area contributed by atoms with Gasteiger partial charge in [0.05, 0.1) is 0 Å². The van der Waals surface area contributed by atoms with Crippen molar-refractivity contribution in [2.45, 2.75) is 19.8 Å². The van der Waals surface area contributed by atoms with Gasteiger partial charge in [-0.3, -0.25) is 25.8 Å². The second-order valence-corrected chi connectivity index (χ2v) is 5.23. The molecule has 7 heteroatoms. The summed E-state index contributed by atoms with van der Waals surface area (Å²) in [4.78, 5) is 23.0. The zero-order chi connectivity index (χ0) is 15.2. The Balaban J connectivity index is 1.67. The van der Waals surface area contributed by atoms with Gasteiger partial charge in [0.25, 0.3) is 5.91 Å². The number of nitrogens with one attached hydrogen (secondary N) is 3. The van der Waals surface area contributed by atoms with Gasteiger partial charge < -0.3 is 4.74 Å². The minimum absolute atomic E-state index is 0.0439. The molecule has 1 aromatic carbocycles. The van der Waals surface area contributed by atoms with E-state index in [9.17, 15) is 9.59 Å². The molecule has 2 rings (SSSR count). The number of hydrogen-bond donors (Lipinski definition) is 3. The lowest BCUT2D eigenvalue weighted by Crippen LogP contribution is -2.49. The van der Waals surface area contributed by atoms with Crippen molar-refractivity contribution in [2.75, 3.05) is 6.61 Å². The molecule has 0 saturated heterocycles. The molecule has 3 N–H and O–H groups in total. The fourth-order valence-electron chi connectivity index (χ4n) is 1.62. The van der Waals surface area contributed by atoms with E-state index in [2.05, 4.69) is 16.2 Å². The van der Waals surface area contributed by atoms with Crippen LogP contribution in [0.2, 0.25) is 0 Å². The van der Waals surface area contributed by atoms with Crippen LogP contribution in [0.1, 0.15) is 18.4 Å². The van der Waals surface area contributed by atoms with Gasteiger partial charge in [-0.2, -0.15) is 0 Å². The number of aryl methyl sites for hydroxylation is 1. The summed E-state index contributed by atoms with van der Waals surface area (Å²) >= 11 is 4.90. The highest BCUT2D eigenvalue weighted by molar-refractivity contribution is 7.80. The van der Waals surface area contributed by atoms with Crippen molar-refractivity contribution in [1.82, 2.24) is 16.2 Å². The summed E-state index contributed by atoms with van der Waals surface area (Å²) in [7, 11) is 0. The quantitative estimate of drug-likeness (QED) is 0.566. The first kappa shape index (κ1) is 15.2. The molecule has 0 aliphatic heterocycles. The van der Waals surface area contributed by atoms with Crippen molar-refractivity contribution in [3.8, 4) is 5.75 Å². The zero-order valence-corrected chi connectivity index (χ0v) is 12.5. The van der Waals surface area contributed by atoms with Crippen molar-refractivity contribution in [2.24, 2.45) is 5.92 Å². The lowest BCUT2D eigenvalue weighted by molar-refractivity contribution is -0.123. The maximum absolute atomic E-state index is 11.7. The topological polar surface area (TPSA) is 79.5 Å². The average Bonchev–Trinajstić information content (AvgIpc) is 3.28. The molecule has 1 aliphatic carbocycles. The number of amides is 2. The van der Waals surface area contributed by atoms with Crippen LogP contribution in [0.3, 0.4) is 0 Å². The van der Waals surface area contributed by atoms with Gasteiger partial charge in [0.1, 0.15) is 5.75 Å². The molecule has 0 atom stereocenters. The third-order valence-electron chi connectivity index (χ3n) is 2.95. The molecule has 0 spiro atoms. The van der Waals surface area contributed by atoms with Gasteiger partial charge in [-0.25, -0.2) is 0 Å². The number of carbonyl (C=O) groups is 2. The van der Waals surface area contributed by atoms with E-state index in [0.717, 1.165) is 18.4 Å². The summed E-state index contributed by atoms with van der Waals surface area (Å²) < 4.78 is 5.39. The predicted molar refractivity (Wildman–Crippen MR) is 81.4 cm³/mol. The van der Waals surface area contributed by atoms with Crippen molar-refractivity contribution >= 4 is 29.1 Å². The predicted octanol–water partition coefficient (Wildman–Crippen LogP) is 0.806. The summed E-state index contributed by atoms with van der Waals surface area (Å²) in [6, 6.07) is 7.41. The van der Waals surface area contributed by atoms with E-state index in [1.54, 1.807) is 6.07 Å². The monoisotopic (exact) mass is 307 g/mol. The van der Waals surface area contributed by atoms with E-state index >= 15 is 0 Å². The van der Waals surface area contributed by atoms with Gasteiger partial charge in [0, 0.05) is 5.92 Å². The normalized spacial score (nSPS) is 13.2. The minimum atomic E-state index is -0.392. The largest absolute Gasteiger partial charge is 0.483 e. The second-order valence-electron chi connectivity index (χ2n) is 4.82. The first-order chi connectivity index (χ1) is 10.1. The Morgan fingerprint density at radius 1 is 1.29 bits per heavy atom. The zero-order valence-electron chi connectivity index (χ0n) is 11.6. The van der Waals surface area contributed by atoms with E-state index in [-0.39, 0.29) is 23.5 Å².